The van der Waals surface area contributed by atoms with Crippen molar-refractivity contribution in [2.45, 2.75) is 20.3 Å². The Balaban J connectivity index is 2.93. The highest BCUT2D eigenvalue weighted by Crippen LogP contribution is 2.28. The summed E-state index contributed by atoms with van der Waals surface area (Å²) in [4.78, 5) is 11.1. The summed E-state index contributed by atoms with van der Waals surface area (Å²) in [5.41, 5.74) is 0.635. The largest absolute Gasteiger partial charge is 0.493 e. The predicted octanol–water partition coefficient (Wildman–Crippen LogP) is 2.69. The molecule has 0 aliphatic carbocycles. The van der Waals surface area contributed by atoms with Crippen LogP contribution in [0.4, 0.5) is 0 Å². The lowest BCUT2D eigenvalue weighted by Crippen LogP contribution is -1.99. The quantitative estimate of drug-likeness (QED) is 0.698. The monoisotopic (exact) mass is 208 g/mol. The van der Waals surface area contributed by atoms with Crippen LogP contribution in [0.2, 0.25) is 0 Å². The minimum absolute atomic E-state index is 0.0235. The van der Waals surface area contributed by atoms with Crippen LogP contribution in [0.15, 0.2) is 18.2 Å². The number of hydrogen-bond donors (Lipinski definition) is 0. The van der Waals surface area contributed by atoms with Crippen LogP contribution in [0.5, 0.6) is 11.5 Å². The Morgan fingerprint density at radius 1 is 1.33 bits per heavy atom. The summed E-state index contributed by atoms with van der Waals surface area (Å²) in [6.07, 6.45) is 0.942. The highest BCUT2D eigenvalue weighted by molar-refractivity contribution is 5.94. The van der Waals surface area contributed by atoms with Crippen molar-refractivity contribution in [1.82, 2.24) is 0 Å². The zero-order chi connectivity index (χ0) is 11.3. The number of methoxy groups -OCH3 is 1. The number of benzene rings is 1. The smallest absolute Gasteiger partial charge is 0.161 e. The molecule has 0 fully saturated rings. The number of carbonyl (C=O) groups excluding carboxylic acids is 1. The van der Waals surface area contributed by atoms with Gasteiger partial charge in [-0.3, -0.25) is 4.79 Å². The number of rotatable bonds is 5. The SMILES string of the molecule is CCCOc1ccc(C(C)=O)cc1OC. The van der Waals surface area contributed by atoms with Crippen molar-refractivity contribution in [3.05, 3.63) is 23.8 Å². The maximum absolute atomic E-state index is 11.1. The molecule has 3 heteroatoms. The second kappa shape index (κ2) is 5.39. The summed E-state index contributed by atoms with van der Waals surface area (Å²) in [5.74, 6) is 1.32. The first-order valence-electron chi connectivity index (χ1n) is 5.00. The molecule has 0 amide bonds. The molecule has 1 rings (SSSR count). The van der Waals surface area contributed by atoms with Crippen molar-refractivity contribution in [2.75, 3.05) is 13.7 Å². The van der Waals surface area contributed by atoms with E-state index in [1.807, 2.05) is 6.92 Å². The van der Waals surface area contributed by atoms with Gasteiger partial charge in [0.15, 0.2) is 17.3 Å². The van der Waals surface area contributed by atoms with E-state index in [0.717, 1.165) is 6.42 Å². The number of ketones is 1. The van der Waals surface area contributed by atoms with Crippen molar-refractivity contribution in [2.24, 2.45) is 0 Å². The van der Waals surface area contributed by atoms with Gasteiger partial charge in [-0.1, -0.05) is 6.92 Å². The average molecular weight is 208 g/mol. The highest BCUT2D eigenvalue weighted by Gasteiger charge is 2.07. The van der Waals surface area contributed by atoms with Crippen molar-refractivity contribution in [1.29, 1.82) is 0 Å². The van der Waals surface area contributed by atoms with Crippen LogP contribution in [-0.2, 0) is 0 Å². The molecule has 0 radical (unpaired) electrons. The fourth-order valence-corrected chi connectivity index (χ4v) is 1.22. The van der Waals surface area contributed by atoms with Gasteiger partial charge in [-0.25, -0.2) is 0 Å². The van der Waals surface area contributed by atoms with Crippen molar-refractivity contribution in [3.8, 4) is 11.5 Å². The third kappa shape index (κ3) is 2.98. The fraction of sp³-hybridized carbons (Fsp3) is 0.417. The highest BCUT2D eigenvalue weighted by atomic mass is 16.5. The Labute approximate surface area is 90.0 Å². The van der Waals surface area contributed by atoms with Crippen LogP contribution in [0.1, 0.15) is 30.6 Å². The van der Waals surface area contributed by atoms with Crippen molar-refractivity contribution in [3.63, 3.8) is 0 Å². The Kier molecular flexibility index (Phi) is 4.16. The molecule has 0 aliphatic heterocycles. The molecule has 0 N–H and O–H groups in total. The van der Waals surface area contributed by atoms with Crippen LogP contribution in [-0.4, -0.2) is 19.5 Å². The summed E-state index contributed by atoms with van der Waals surface area (Å²) in [6.45, 7) is 4.22. The Morgan fingerprint density at radius 2 is 2.07 bits per heavy atom. The van der Waals surface area contributed by atoms with E-state index in [1.54, 1.807) is 25.3 Å². The summed E-state index contributed by atoms with van der Waals surface area (Å²) in [5, 5.41) is 0. The first-order chi connectivity index (χ1) is 7.19. The van der Waals surface area contributed by atoms with Gasteiger partial charge in [0.2, 0.25) is 0 Å². The first kappa shape index (κ1) is 11.6. The molecule has 3 nitrogen and oxygen atoms in total. The molecule has 0 aliphatic rings. The van der Waals surface area contributed by atoms with E-state index in [1.165, 1.54) is 6.92 Å². The van der Waals surface area contributed by atoms with Crippen LogP contribution in [0.25, 0.3) is 0 Å². The second-order valence-corrected chi connectivity index (χ2v) is 3.27. The van der Waals surface area contributed by atoms with Crippen LogP contribution in [0.3, 0.4) is 0 Å². The average Bonchev–Trinajstić information content (AvgIpc) is 2.25. The molecule has 0 saturated carbocycles. The van der Waals surface area contributed by atoms with Gasteiger partial charge in [-0.05, 0) is 31.5 Å². The van der Waals surface area contributed by atoms with Gasteiger partial charge in [0, 0.05) is 5.56 Å². The second-order valence-electron chi connectivity index (χ2n) is 3.27. The molecule has 0 atom stereocenters. The fourth-order valence-electron chi connectivity index (χ4n) is 1.22. The van der Waals surface area contributed by atoms with E-state index in [4.69, 9.17) is 9.47 Å². The summed E-state index contributed by atoms with van der Waals surface area (Å²) in [7, 11) is 1.57. The molecule has 0 spiro atoms. The lowest BCUT2D eigenvalue weighted by molar-refractivity contribution is 0.101. The standard InChI is InChI=1S/C12H16O3/c1-4-7-15-11-6-5-10(9(2)13)8-12(11)14-3/h5-6,8H,4,7H2,1-3H3. The zero-order valence-corrected chi connectivity index (χ0v) is 9.37. The summed E-state index contributed by atoms with van der Waals surface area (Å²) < 4.78 is 10.6. The number of Topliss-reactive ketones (excluding diaryl/α,β-unsaturated/α-hetero) is 1. The van der Waals surface area contributed by atoms with E-state index >= 15 is 0 Å². The number of carbonyl (C=O) groups is 1. The van der Waals surface area contributed by atoms with Crippen LogP contribution in [0, 0.1) is 0 Å². The van der Waals surface area contributed by atoms with Crippen LogP contribution >= 0.6 is 0 Å². The number of ether oxygens (including phenoxy) is 2. The maximum atomic E-state index is 11.1. The normalized spacial score (nSPS) is 9.80. The van der Waals surface area contributed by atoms with Crippen molar-refractivity contribution < 1.29 is 14.3 Å². The summed E-state index contributed by atoms with van der Waals surface area (Å²) >= 11 is 0. The predicted molar refractivity (Wildman–Crippen MR) is 58.8 cm³/mol. The molecule has 0 aromatic heterocycles. The molecule has 0 unspecified atom stereocenters. The van der Waals surface area contributed by atoms with Gasteiger partial charge in [-0.15, -0.1) is 0 Å². The maximum Gasteiger partial charge on any atom is 0.161 e. The molecule has 0 heterocycles. The molecule has 82 valence electrons. The third-order valence-electron chi connectivity index (χ3n) is 2.03. The lowest BCUT2D eigenvalue weighted by atomic mass is 10.1. The van der Waals surface area contributed by atoms with E-state index in [9.17, 15) is 4.79 Å². The first-order valence-corrected chi connectivity index (χ1v) is 5.00. The van der Waals surface area contributed by atoms with E-state index in [2.05, 4.69) is 0 Å². The van der Waals surface area contributed by atoms with Gasteiger partial charge in [0.05, 0.1) is 13.7 Å². The minimum Gasteiger partial charge on any atom is -0.493 e. The molecule has 1 aromatic carbocycles. The summed E-state index contributed by atoms with van der Waals surface area (Å²) in [6, 6.07) is 5.22. The Hall–Kier alpha value is -1.51. The van der Waals surface area contributed by atoms with Gasteiger partial charge in [0.25, 0.3) is 0 Å². The van der Waals surface area contributed by atoms with Gasteiger partial charge >= 0.3 is 0 Å². The third-order valence-corrected chi connectivity index (χ3v) is 2.03. The van der Waals surface area contributed by atoms with E-state index < -0.39 is 0 Å². The topological polar surface area (TPSA) is 35.5 Å². The van der Waals surface area contributed by atoms with Gasteiger partial charge in [-0.2, -0.15) is 0 Å². The van der Waals surface area contributed by atoms with Crippen LogP contribution < -0.4 is 9.47 Å². The van der Waals surface area contributed by atoms with Crippen molar-refractivity contribution >= 4 is 5.78 Å². The number of hydrogen-bond acceptors (Lipinski definition) is 3. The van der Waals surface area contributed by atoms with Gasteiger partial charge in [0.1, 0.15) is 0 Å². The van der Waals surface area contributed by atoms with E-state index in [-0.39, 0.29) is 5.78 Å². The van der Waals surface area contributed by atoms with Gasteiger partial charge < -0.3 is 9.47 Å². The zero-order valence-electron chi connectivity index (χ0n) is 9.37. The van der Waals surface area contributed by atoms with E-state index in [0.29, 0.717) is 23.7 Å². The molecule has 15 heavy (non-hydrogen) atoms. The molecular formula is C12H16O3. The minimum atomic E-state index is 0.0235. The lowest BCUT2D eigenvalue weighted by Gasteiger charge is -2.10. The molecular weight excluding hydrogens is 192 g/mol. The molecule has 0 saturated heterocycles. The molecule has 1 aromatic rings. The Morgan fingerprint density at radius 3 is 2.60 bits per heavy atom. The molecule has 0 bridgehead atoms. The Bertz CT molecular complexity index is 345.